The molecule has 0 saturated heterocycles. The smallest absolute Gasteiger partial charge is 0.246 e. The maximum Gasteiger partial charge on any atom is 0.246 e. The fraction of sp³-hybridized carbons (Fsp3) is 0.759. The number of ether oxygens (including phenoxy) is 16. The van der Waals surface area contributed by atoms with Crippen molar-refractivity contribution in [3.63, 3.8) is 0 Å². The SMILES string of the molecule is CNC(=O)CCC(NC(=O)COCCOCCCC(=O)COCCOCC(COCCOCC(=O)CCCOCCOCC(=O)NC(CCC(=O)NC)C(=O)NCC(C)=O)(COCCOCC(=O)CCCOCCOCC(=O)NC(CCC(=O)NC)C(=O)NCC(C)=O)COCCOCC(=O)CCCOCCOCC(=O)NC(CCC(=O)NCC(C)=O)C(=O)NCC(C)=O)C(=O)NCC(C)=O. The average Bonchev–Trinajstić information content (AvgIpc) is 0.867. The van der Waals surface area contributed by atoms with Gasteiger partial charge in [0.2, 0.25) is 70.9 Å². The molecule has 4 unspecified atom stereocenters. The van der Waals surface area contributed by atoms with E-state index in [-0.39, 0.29) is 365 Å². The Morgan fingerprint density at radius 3 is 0.596 bits per heavy atom. The van der Waals surface area contributed by atoms with Gasteiger partial charge in [-0.25, -0.2) is 0 Å². The van der Waals surface area contributed by atoms with Gasteiger partial charge in [0.05, 0.1) is 170 Å². The topological polar surface area (TPSA) is 651 Å². The third kappa shape index (κ3) is 76.1. The minimum absolute atomic E-state index is 0.00606. The van der Waals surface area contributed by atoms with Crippen LogP contribution in [0.2, 0.25) is 0 Å². The maximum atomic E-state index is 12.9. The van der Waals surface area contributed by atoms with Gasteiger partial charge in [-0.05, 0) is 86.0 Å². The highest BCUT2D eigenvalue weighted by Gasteiger charge is 2.34. The molecule has 0 rings (SSSR count). The Hall–Kier alpha value is -9.97. The molecule has 136 heavy (non-hydrogen) atoms. The molecule has 0 radical (unpaired) electrons. The van der Waals surface area contributed by atoms with Gasteiger partial charge in [0.25, 0.3) is 0 Å². The molecule has 0 aromatic carbocycles. The maximum absolute atomic E-state index is 12.9. The van der Waals surface area contributed by atoms with Gasteiger partial charge in [0.15, 0.2) is 23.1 Å². The van der Waals surface area contributed by atoms with E-state index in [4.69, 9.17) is 75.8 Å². The molecule has 0 bridgehead atoms. The first kappa shape index (κ1) is 126. The third-order valence-electron chi connectivity index (χ3n) is 18.2. The lowest BCUT2D eigenvalue weighted by molar-refractivity contribution is -0.133. The molecule has 776 valence electrons. The van der Waals surface area contributed by atoms with Gasteiger partial charge in [0.1, 0.15) is 106 Å². The van der Waals surface area contributed by atoms with Crippen molar-refractivity contribution in [1.82, 2.24) is 63.8 Å². The van der Waals surface area contributed by atoms with Crippen LogP contribution < -0.4 is 63.8 Å². The van der Waals surface area contributed by atoms with Gasteiger partial charge in [-0.3, -0.25) is 101 Å². The van der Waals surface area contributed by atoms with Crippen LogP contribution in [0.3, 0.4) is 0 Å². The summed E-state index contributed by atoms with van der Waals surface area (Å²) in [5.41, 5.74) is -1.12. The molecule has 0 aromatic rings. The fourth-order valence-corrected chi connectivity index (χ4v) is 11.1. The quantitative estimate of drug-likeness (QED) is 0.0253. The molecule has 0 fully saturated rings. The molecule has 12 amide bonds. The van der Waals surface area contributed by atoms with Crippen molar-refractivity contribution in [2.24, 2.45) is 5.41 Å². The van der Waals surface area contributed by atoms with E-state index in [1.807, 2.05) is 0 Å². The van der Waals surface area contributed by atoms with E-state index in [0.29, 0.717) is 25.7 Å². The number of hydrogen-bond donors (Lipinski definition) is 12. The van der Waals surface area contributed by atoms with E-state index < -0.39 is 109 Å². The number of carbonyl (C=O) groups is 21. The molecule has 0 aromatic heterocycles. The summed E-state index contributed by atoms with van der Waals surface area (Å²) in [4.78, 5) is 257. The van der Waals surface area contributed by atoms with E-state index >= 15 is 0 Å². The van der Waals surface area contributed by atoms with Crippen LogP contribution in [0.5, 0.6) is 0 Å². The van der Waals surface area contributed by atoms with Crippen molar-refractivity contribution >= 4 is 123 Å². The monoisotopic (exact) mass is 1950 g/mol. The van der Waals surface area contributed by atoms with Crippen molar-refractivity contribution in [2.75, 3.05) is 265 Å². The van der Waals surface area contributed by atoms with Crippen LogP contribution in [0.4, 0.5) is 0 Å². The third-order valence-corrected chi connectivity index (χ3v) is 18.2. The number of amides is 12. The lowest BCUT2D eigenvalue weighted by atomic mass is 9.92. The second-order valence-electron chi connectivity index (χ2n) is 31.0. The molecule has 4 atom stereocenters. The van der Waals surface area contributed by atoms with Crippen molar-refractivity contribution in [3.05, 3.63) is 0 Å². The summed E-state index contributed by atoms with van der Waals surface area (Å²) < 4.78 is 90.9. The van der Waals surface area contributed by atoms with Crippen LogP contribution >= 0.6 is 0 Å². The summed E-state index contributed by atoms with van der Waals surface area (Å²) in [7, 11) is 4.28. The predicted octanol–water partition coefficient (Wildman–Crippen LogP) is -5.54. The largest absolute Gasteiger partial charge is 0.379 e. The van der Waals surface area contributed by atoms with E-state index in [2.05, 4.69) is 63.8 Å². The van der Waals surface area contributed by atoms with Crippen LogP contribution in [0.25, 0.3) is 0 Å². The molecule has 0 aliphatic heterocycles. The van der Waals surface area contributed by atoms with Crippen LogP contribution in [0.15, 0.2) is 0 Å². The van der Waals surface area contributed by atoms with Gasteiger partial charge in [-0.1, -0.05) is 0 Å². The first-order valence-corrected chi connectivity index (χ1v) is 45.1. The zero-order valence-corrected chi connectivity index (χ0v) is 79.9. The van der Waals surface area contributed by atoms with Crippen LogP contribution in [0.1, 0.15) is 137 Å². The lowest BCUT2D eigenvalue weighted by Gasteiger charge is -2.33. The minimum atomic E-state index is -1.19. The van der Waals surface area contributed by atoms with Crippen molar-refractivity contribution < 1.29 is 176 Å². The summed E-state index contributed by atoms with van der Waals surface area (Å²) in [5.74, 6) is -9.33. The van der Waals surface area contributed by atoms with Crippen LogP contribution in [-0.4, -0.2) is 412 Å². The van der Waals surface area contributed by atoms with Crippen LogP contribution in [-0.2, 0) is 176 Å². The van der Waals surface area contributed by atoms with Crippen molar-refractivity contribution in [2.45, 2.75) is 162 Å². The van der Waals surface area contributed by atoms with Crippen molar-refractivity contribution in [3.8, 4) is 0 Å². The summed E-state index contributed by atoms with van der Waals surface area (Å²) in [5, 5.41) is 29.3. The van der Waals surface area contributed by atoms with E-state index in [9.17, 15) is 101 Å². The number of Topliss-reactive ketones (excluding diaryl/α,β-unsaturated/α-hetero) is 9. The number of nitrogens with one attached hydrogen (secondary N) is 12. The van der Waals surface area contributed by atoms with E-state index in [0.717, 1.165) is 0 Å². The normalized spacial score (nSPS) is 12.4. The molecule has 0 aliphatic rings. The highest BCUT2D eigenvalue weighted by Crippen LogP contribution is 2.22. The zero-order chi connectivity index (χ0) is 101. The van der Waals surface area contributed by atoms with Gasteiger partial charge >= 0.3 is 0 Å². The molecule has 49 heteroatoms. The highest BCUT2D eigenvalue weighted by atomic mass is 16.6. The molecule has 0 aliphatic carbocycles. The molecule has 12 N–H and O–H groups in total. The standard InChI is InChI=1S/C87H146N12O37/c1-62(100)45-91-78(112)24-20-74(86(120)95-49-66(5)104)99-82(116)57-132-36-32-124-28-12-16-70(108)53-128-40-44-136-61-87(58-133-41-37-125-50-67(105)13-9-25-121-29-33-129-54-79(113)96-71(17-21-75(109)88-6)83(117)92-46-63(2)101,59-134-42-38-126-51-68(106)14-10-26-122-30-34-130-55-80(114)97-72(18-22-76(110)89-7)84(118)93-47-64(3)102)60-135-43-39-127-52-69(107)15-11-27-123-31-35-131-56-81(115)98-73(19-23-77(111)90-8)85(119)94-48-65(4)103/h71-74H,9-61H2,1-8H3,(H,88,109)(H,89,110)(H,90,111)(H,91,112)(H,92,117)(H,93,118)(H,94,119)(H,95,120)(H,96,113)(H,97,114)(H,98,115)(H,99,116). The number of rotatable bonds is 94. The van der Waals surface area contributed by atoms with Crippen molar-refractivity contribution in [1.29, 1.82) is 0 Å². The summed E-state index contributed by atoms with van der Waals surface area (Å²) in [6.45, 7) is 2.45. The Labute approximate surface area is 792 Å². The van der Waals surface area contributed by atoms with E-state index in [1.54, 1.807) is 0 Å². The lowest BCUT2D eigenvalue weighted by Crippen LogP contribution is -2.49. The molecular weight excluding hydrogens is 1810 g/mol. The number of ketones is 9. The van der Waals surface area contributed by atoms with Gasteiger partial charge in [-0.15, -0.1) is 0 Å². The first-order chi connectivity index (χ1) is 65.1. The minimum Gasteiger partial charge on any atom is -0.379 e. The average molecular weight is 1950 g/mol. The van der Waals surface area contributed by atoms with Crippen LogP contribution in [0, 0.1) is 5.41 Å². The highest BCUT2D eigenvalue weighted by molar-refractivity contribution is 5.95. The second kappa shape index (κ2) is 83.2. The fourth-order valence-electron chi connectivity index (χ4n) is 11.1. The molecule has 0 heterocycles. The molecule has 0 spiro atoms. The Balaban J connectivity index is 6.06. The van der Waals surface area contributed by atoms with Gasteiger partial charge in [0, 0.05) is 98.9 Å². The second-order valence-corrected chi connectivity index (χ2v) is 31.0. The summed E-state index contributed by atoms with van der Waals surface area (Å²) in [6, 6.07) is -4.48. The van der Waals surface area contributed by atoms with Gasteiger partial charge < -0.3 is 140 Å². The Bertz CT molecular complexity index is 3330. The zero-order valence-electron chi connectivity index (χ0n) is 79.9. The summed E-state index contributed by atoms with van der Waals surface area (Å²) in [6.07, 6.45) is 1.03. The number of carbonyl (C=O) groups excluding carboxylic acids is 21. The van der Waals surface area contributed by atoms with E-state index in [1.165, 1.54) is 55.8 Å². The Morgan fingerprint density at radius 2 is 0.390 bits per heavy atom. The Morgan fingerprint density at radius 1 is 0.206 bits per heavy atom. The first-order valence-electron chi connectivity index (χ1n) is 45.1. The Kier molecular flexibility index (Phi) is 77.1. The number of hydrogen-bond acceptors (Lipinski definition) is 37. The molecular formula is C87H146N12O37. The van der Waals surface area contributed by atoms with Gasteiger partial charge in [-0.2, -0.15) is 0 Å². The molecule has 49 nitrogen and oxygen atoms in total. The molecule has 0 saturated carbocycles. The summed E-state index contributed by atoms with van der Waals surface area (Å²) >= 11 is 0. The predicted molar refractivity (Wildman–Crippen MR) is 478 cm³/mol.